The van der Waals surface area contributed by atoms with Crippen LogP contribution in [0.2, 0.25) is 0 Å². The Hall–Kier alpha value is -2.07. The van der Waals surface area contributed by atoms with E-state index in [0.29, 0.717) is 24.5 Å². The van der Waals surface area contributed by atoms with Crippen molar-refractivity contribution in [1.82, 2.24) is 0 Å². The lowest BCUT2D eigenvalue weighted by Gasteiger charge is -2.28. The van der Waals surface area contributed by atoms with Gasteiger partial charge < -0.3 is 15.8 Å². The van der Waals surface area contributed by atoms with Gasteiger partial charge in [-0.25, -0.2) is 4.39 Å². The van der Waals surface area contributed by atoms with E-state index in [4.69, 9.17) is 10.5 Å². The summed E-state index contributed by atoms with van der Waals surface area (Å²) in [6.07, 6.45) is -0.0873. The molecule has 0 radical (unpaired) electrons. The summed E-state index contributed by atoms with van der Waals surface area (Å²) >= 11 is 0. The van der Waals surface area contributed by atoms with Gasteiger partial charge in [0.15, 0.2) is 5.75 Å². The van der Waals surface area contributed by atoms with Crippen LogP contribution in [0.1, 0.15) is 5.56 Å². The van der Waals surface area contributed by atoms with Gasteiger partial charge in [0.05, 0.1) is 12.2 Å². The van der Waals surface area contributed by atoms with Crippen molar-refractivity contribution >= 4 is 5.69 Å². The lowest BCUT2D eigenvalue weighted by atomic mass is 9.98. The largest absolute Gasteiger partial charge is 0.484 e. The van der Waals surface area contributed by atoms with Crippen LogP contribution in [0, 0.1) is 12.7 Å². The molecule has 0 spiro atoms. The summed E-state index contributed by atoms with van der Waals surface area (Å²) < 4.78 is 19.8. The summed E-state index contributed by atoms with van der Waals surface area (Å²) in [6, 6.07) is 10.9. The smallest absolute Gasteiger partial charge is 0.151 e. The summed E-state index contributed by atoms with van der Waals surface area (Å²) in [7, 11) is 0. The fraction of sp³-hybridized carbons (Fsp3) is 0.250. The van der Waals surface area contributed by atoms with Gasteiger partial charge in [0.1, 0.15) is 11.9 Å². The molecule has 0 bridgehead atoms. The Kier molecular flexibility index (Phi) is 3.32. The highest BCUT2D eigenvalue weighted by atomic mass is 19.1. The number of hydrogen-bond donors (Lipinski definition) is 2. The number of hydrogen-bond acceptors (Lipinski definition) is 3. The molecule has 1 aliphatic heterocycles. The maximum atomic E-state index is 13.8. The molecule has 0 fully saturated rings. The molecule has 1 atom stereocenters. The highest BCUT2D eigenvalue weighted by Crippen LogP contribution is 2.41. The van der Waals surface area contributed by atoms with Gasteiger partial charge in [0.25, 0.3) is 0 Å². The molecule has 2 aromatic carbocycles. The van der Waals surface area contributed by atoms with Crippen LogP contribution in [0.25, 0.3) is 11.1 Å². The molecular weight excluding hydrogens is 255 g/mol. The zero-order valence-electron chi connectivity index (χ0n) is 11.3. The van der Waals surface area contributed by atoms with Crippen molar-refractivity contribution in [1.29, 1.82) is 0 Å². The molecule has 0 saturated carbocycles. The predicted octanol–water partition coefficient (Wildman–Crippen LogP) is 2.93. The summed E-state index contributed by atoms with van der Waals surface area (Å²) in [5.74, 6) is 0.409. The topological polar surface area (TPSA) is 47.3 Å². The maximum Gasteiger partial charge on any atom is 0.151 e. The fourth-order valence-corrected chi connectivity index (χ4v) is 2.49. The van der Waals surface area contributed by atoms with Crippen molar-refractivity contribution in [3.63, 3.8) is 0 Å². The summed E-state index contributed by atoms with van der Waals surface area (Å²) in [6.45, 7) is 3.03. The number of aryl methyl sites for hydroxylation is 1. The van der Waals surface area contributed by atoms with Crippen LogP contribution < -0.4 is 15.8 Å². The normalized spacial score (nSPS) is 17.1. The molecule has 0 aliphatic carbocycles. The maximum absolute atomic E-state index is 13.8. The quantitative estimate of drug-likeness (QED) is 0.883. The minimum absolute atomic E-state index is 0.0873. The van der Waals surface area contributed by atoms with Gasteiger partial charge in [-0.1, -0.05) is 24.3 Å². The van der Waals surface area contributed by atoms with Gasteiger partial charge in [-0.2, -0.15) is 0 Å². The molecule has 3 nitrogen and oxygen atoms in total. The third-order valence-corrected chi connectivity index (χ3v) is 3.56. The Morgan fingerprint density at radius 1 is 1.30 bits per heavy atom. The van der Waals surface area contributed by atoms with E-state index in [2.05, 4.69) is 5.32 Å². The zero-order valence-corrected chi connectivity index (χ0v) is 11.3. The third kappa shape index (κ3) is 2.23. The highest BCUT2D eigenvalue weighted by molar-refractivity contribution is 5.80. The first kappa shape index (κ1) is 12.9. The number of rotatable bonds is 2. The molecule has 0 aromatic heterocycles. The third-order valence-electron chi connectivity index (χ3n) is 3.56. The summed E-state index contributed by atoms with van der Waals surface area (Å²) in [5.41, 5.74) is 9.18. The molecule has 0 unspecified atom stereocenters. The van der Waals surface area contributed by atoms with Crippen LogP contribution in [-0.4, -0.2) is 19.2 Å². The second-order valence-electron chi connectivity index (χ2n) is 5.00. The van der Waals surface area contributed by atoms with Crippen molar-refractivity contribution in [3.8, 4) is 16.9 Å². The molecule has 104 valence electrons. The monoisotopic (exact) mass is 272 g/mol. The van der Waals surface area contributed by atoms with Gasteiger partial charge >= 0.3 is 0 Å². The number of anilines is 1. The first-order chi connectivity index (χ1) is 9.69. The van der Waals surface area contributed by atoms with E-state index in [0.717, 1.165) is 16.7 Å². The average Bonchev–Trinajstić information content (AvgIpc) is 2.46. The molecule has 1 aliphatic rings. The van der Waals surface area contributed by atoms with Crippen LogP contribution >= 0.6 is 0 Å². The van der Waals surface area contributed by atoms with Crippen LogP contribution in [0.15, 0.2) is 36.4 Å². The molecule has 0 amide bonds. The van der Waals surface area contributed by atoms with Crippen molar-refractivity contribution < 1.29 is 9.13 Å². The molecule has 4 heteroatoms. The van der Waals surface area contributed by atoms with E-state index in [1.165, 1.54) is 12.1 Å². The van der Waals surface area contributed by atoms with Crippen LogP contribution in [0.4, 0.5) is 10.1 Å². The highest BCUT2D eigenvalue weighted by Gasteiger charge is 2.23. The van der Waals surface area contributed by atoms with Crippen LogP contribution in [-0.2, 0) is 0 Å². The number of fused-ring (bicyclic) bond motifs is 1. The number of benzene rings is 2. The summed E-state index contributed by atoms with van der Waals surface area (Å²) in [5, 5.41) is 3.19. The minimum Gasteiger partial charge on any atom is -0.484 e. The Morgan fingerprint density at radius 2 is 2.10 bits per heavy atom. The van der Waals surface area contributed by atoms with Crippen molar-refractivity contribution in [2.75, 3.05) is 18.4 Å². The van der Waals surface area contributed by atoms with E-state index in [1.54, 1.807) is 0 Å². The molecular formula is C16H17FN2O. The zero-order chi connectivity index (χ0) is 14.1. The van der Waals surface area contributed by atoms with E-state index in [-0.39, 0.29) is 11.9 Å². The lowest BCUT2D eigenvalue weighted by molar-refractivity contribution is 0.215. The molecule has 0 saturated heterocycles. The number of halogens is 1. The Labute approximate surface area is 117 Å². The van der Waals surface area contributed by atoms with Crippen LogP contribution in [0.5, 0.6) is 5.75 Å². The fourth-order valence-electron chi connectivity index (χ4n) is 2.49. The van der Waals surface area contributed by atoms with Gasteiger partial charge in [0, 0.05) is 18.2 Å². The van der Waals surface area contributed by atoms with Gasteiger partial charge in [-0.3, -0.25) is 0 Å². The molecule has 1 heterocycles. The average molecular weight is 272 g/mol. The Morgan fingerprint density at radius 3 is 2.85 bits per heavy atom. The second-order valence-corrected chi connectivity index (χ2v) is 5.00. The standard InChI is InChI=1S/C16H17FN2O/c1-10-4-2-3-5-13(10)14-6-11(17)7-15-16(14)20-12(8-18)9-19-15/h2-7,12,19H,8-9,18H2,1H3/t12-/m1/s1. The summed E-state index contributed by atoms with van der Waals surface area (Å²) in [4.78, 5) is 0. The minimum atomic E-state index is -0.274. The van der Waals surface area contributed by atoms with Crippen molar-refractivity contribution in [2.24, 2.45) is 5.73 Å². The van der Waals surface area contributed by atoms with E-state index in [1.807, 2.05) is 31.2 Å². The lowest BCUT2D eigenvalue weighted by Crippen LogP contribution is -2.37. The van der Waals surface area contributed by atoms with Crippen molar-refractivity contribution in [3.05, 3.63) is 47.8 Å². The van der Waals surface area contributed by atoms with Gasteiger partial charge in [-0.15, -0.1) is 0 Å². The van der Waals surface area contributed by atoms with Crippen molar-refractivity contribution in [2.45, 2.75) is 13.0 Å². The molecule has 3 N–H and O–H groups in total. The Balaban J connectivity index is 2.16. The first-order valence-electron chi connectivity index (χ1n) is 6.69. The molecule has 20 heavy (non-hydrogen) atoms. The van der Waals surface area contributed by atoms with Gasteiger partial charge in [-0.05, 0) is 24.1 Å². The Bertz CT molecular complexity index is 642. The number of ether oxygens (including phenoxy) is 1. The molecule has 2 aromatic rings. The predicted molar refractivity (Wildman–Crippen MR) is 78.5 cm³/mol. The van der Waals surface area contributed by atoms with E-state index < -0.39 is 0 Å². The SMILES string of the molecule is Cc1ccccc1-c1cc(F)cc2c1O[C@H](CN)CN2. The number of nitrogens with two attached hydrogens (primary N) is 1. The second kappa shape index (κ2) is 5.13. The molecule has 3 rings (SSSR count). The van der Waals surface area contributed by atoms with Crippen LogP contribution in [0.3, 0.4) is 0 Å². The van der Waals surface area contributed by atoms with E-state index in [9.17, 15) is 4.39 Å². The van der Waals surface area contributed by atoms with E-state index >= 15 is 0 Å². The first-order valence-corrected chi connectivity index (χ1v) is 6.69. The number of nitrogens with one attached hydrogen (secondary N) is 1. The van der Waals surface area contributed by atoms with Gasteiger partial charge in [0.2, 0.25) is 0 Å².